The molecule has 1 atom stereocenters. The Labute approximate surface area is 131 Å². The predicted octanol–water partition coefficient (Wildman–Crippen LogP) is 0.236. The van der Waals surface area contributed by atoms with Crippen LogP contribution in [0.15, 0.2) is 0 Å². The van der Waals surface area contributed by atoms with Crippen molar-refractivity contribution in [2.75, 3.05) is 26.7 Å². The van der Waals surface area contributed by atoms with Gasteiger partial charge in [0.1, 0.15) is 6.04 Å². The Hall–Kier alpha value is -1.34. The molecule has 0 aliphatic rings. The van der Waals surface area contributed by atoms with Crippen LogP contribution < -0.4 is 10.6 Å². The van der Waals surface area contributed by atoms with Crippen LogP contribution in [0.25, 0.3) is 0 Å². The highest BCUT2D eigenvalue weighted by Gasteiger charge is 2.18. The van der Waals surface area contributed by atoms with Gasteiger partial charge in [0.25, 0.3) is 0 Å². The van der Waals surface area contributed by atoms with E-state index >= 15 is 0 Å². The highest BCUT2D eigenvalue weighted by Crippen LogP contribution is 1.96. The molecular formula is C13H26ClN3O4. The zero-order chi connectivity index (χ0) is 15.5. The molecule has 0 saturated carbocycles. The third-order valence-electron chi connectivity index (χ3n) is 2.75. The number of likely N-dealkylation sites (N-methyl/N-ethyl adjacent to an activating group) is 1. The average Bonchev–Trinajstić information content (AvgIpc) is 2.40. The minimum absolute atomic E-state index is 0. The molecule has 0 aromatic rings. The van der Waals surface area contributed by atoms with Crippen LogP contribution in [0.4, 0.5) is 0 Å². The van der Waals surface area contributed by atoms with Gasteiger partial charge in [-0.25, -0.2) is 0 Å². The minimum Gasteiger partial charge on any atom is -0.480 e. The molecule has 7 nitrogen and oxygen atoms in total. The minimum atomic E-state index is -0.969. The number of amides is 2. The highest BCUT2D eigenvalue weighted by molar-refractivity contribution is 5.86. The Bertz CT molecular complexity index is 339. The second-order valence-electron chi connectivity index (χ2n) is 4.66. The summed E-state index contributed by atoms with van der Waals surface area (Å²) in [6.45, 7) is 4.29. The molecular weight excluding hydrogens is 298 g/mol. The van der Waals surface area contributed by atoms with Crippen molar-refractivity contribution in [2.45, 2.75) is 39.2 Å². The summed E-state index contributed by atoms with van der Waals surface area (Å²) in [5.74, 6) is -1.49. The van der Waals surface area contributed by atoms with Crippen LogP contribution in [0.5, 0.6) is 0 Å². The van der Waals surface area contributed by atoms with Crippen LogP contribution in [0.2, 0.25) is 0 Å². The van der Waals surface area contributed by atoms with Gasteiger partial charge in [0.2, 0.25) is 11.8 Å². The van der Waals surface area contributed by atoms with Gasteiger partial charge in [-0.05, 0) is 12.8 Å². The zero-order valence-corrected chi connectivity index (χ0v) is 13.7. The van der Waals surface area contributed by atoms with Crippen LogP contribution in [0.1, 0.15) is 33.1 Å². The van der Waals surface area contributed by atoms with Gasteiger partial charge in [-0.1, -0.05) is 20.3 Å². The molecule has 124 valence electrons. The number of hydrogen-bond acceptors (Lipinski definition) is 4. The standard InChI is InChI=1S/C13H25N3O4.ClH/c1-4-6-10(13(19)20)15-8-12(18)16(3)9-11(17)14-7-5-2;/h10,15H,4-9H2,1-3H3,(H,14,17)(H,19,20);1H. The number of carbonyl (C=O) groups is 3. The summed E-state index contributed by atoms with van der Waals surface area (Å²) in [5.41, 5.74) is 0. The number of carboxylic acid groups (broad SMARTS) is 1. The fourth-order valence-corrected chi connectivity index (χ4v) is 1.57. The largest absolute Gasteiger partial charge is 0.480 e. The number of nitrogens with one attached hydrogen (secondary N) is 2. The molecule has 21 heavy (non-hydrogen) atoms. The quantitative estimate of drug-likeness (QED) is 0.535. The lowest BCUT2D eigenvalue weighted by atomic mass is 10.1. The maximum atomic E-state index is 11.8. The van der Waals surface area contributed by atoms with Crippen molar-refractivity contribution in [3.63, 3.8) is 0 Å². The van der Waals surface area contributed by atoms with E-state index in [-0.39, 0.29) is 37.3 Å². The number of carbonyl (C=O) groups excluding carboxylic acids is 2. The van der Waals surface area contributed by atoms with Gasteiger partial charge < -0.3 is 15.3 Å². The van der Waals surface area contributed by atoms with E-state index in [0.717, 1.165) is 6.42 Å². The Kier molecular flexibility index (Phi) is 13.0. The van der Waals surface area contributed by atoms with Gasteiger partial charge in [-0.3, -0.25) is 19.7 Å². The third kappa shape index (κ3) is 10.1. The van der Waals surface area contributed by atoms with Gasteiger partial charge in [0.15, 0.2) is 0 Å². The molecule has 0 fully saturated rings. The van der Waals surface area contributed by atoms with Crippen molar-refractivity contribution < 1.29 is 19.5 Å². The van der Waals surface area contributed by atoms with Crippen molar-refractivity contribution in [1.82, 2.24) is 15.5 Å². The fraction of sp³-hybridized carbons (Fsp3) is 0.769. The van der Waals surface area contributed by atoms with E-state index in [9.17, 15) is 14.4 Å². The molecule has 1 unspecified atom stereocenters. The molecule has 0 heterocycles. The number of rotatable bonds is 10. The van der Waals surface area contributed by atoms with Crippen molar-refractivity contribution in [2.24, 2.45) is 0 Å². The van der Waals surface area contributed by atoms with E-state index in [2.05, 4.69) is 10.6 Å². The second-order valence-corrected chi connectivity index (χ2v) is 4.66. The highest BCUT2D eigenvalue weighted by atomic mass is 35.5. The second kappa shape index (κ2) is 12.4. The lowest BCUT2D eigenvalue weighted by Crippen LogP contribution is -2.46. The maximum Gasteiger partial charge on any atom is 0.320 e. The van der Waals surface area contributed by atoms with E-state index in [0.29, 0.717) is 19.4 Å². The smallest absolute Gasteiger partial charge is 0.320 e. The number of nitrogens with zero attached hydrogens (tertiary/aromatic N) is 1. The summed E-state index contributed by atoms with van der Waals surface area (Å²) in [5, 5.41) is 14.3. The first-order valence-electron chi connectivity index (χ1n) is 6.89. The average molecular weight is 324 g/mol. The molecule has 0 aromatic heterocycles. The number of halogens is 1. The lowest BCUT2D eigenvalue weighted by Gasteiger charge is -2.19. The summed E-state index contributed by atoms with van der Waals surface area (Å²) in [6, 6.07) is -0.730. The fourth-order valence-electron chi connectivity index (χ4n) is 1.57. The topological polar surface area (TPSA) is 98.7 Å². The molecule has 3 N–H and O–H groups in total. The van der Waals surface area contributed by atoms with E-state index in [1.54, 1.807) is 0 Å². The zero-order valence-electron chi connectivity index (χ0n) is 12.8. The van der Waals surface area contributed by atoms with Gasteiger partial charge in [0, 0.05) is 13.6 Å². The molecule has 0 rings (SSSR count). The first-order chi connectivity index (χ1) is 9.42. The lowest BCUT2D eigenvalue weighted by molar-refractivity contribution is -0.140. The molecule has 0 radical (unpaired) electrons. The first-order valence-corrected chi connectivity index (χ1v) is 6.89. The summed E-state index contributed by atoms with van der Waals surface area (Å²) in [4.78, 5) is 35.4. The van der Waals surface area contributed by atoms with E-state index in [1.807, 2.05) is 13.8 Å². The summed E-state index contributed by atoms with van der Waals surface area (Å²) < 4.78 is 0. The van der Waals surface area contributed by atoms with Crippen molar-refractivity contribution >= 4 is 30.2 Å². The predicted molar refractivity (Wildman–Crippen MR) is 82.5 cm³/mol. The molecule has 0 aliphatic heterocycles. The van der Waals surface area contributed by atoms with Gasteiger partial charge in [-0.15, -0.1) is 12.4 Å². The maximum absolute atomic E-state index is 11.8. The molecule has 0 saturated heterocycles. The molecule has 0 aromatic carbocycles. The van der Waals surface area contributed by atoms with Crippen LogP contribution in [-0.2, 0) is 14.4 Å². The van der Waals surface area contributed by atoms with E-state index in [4.69, 9.17) is 5.11 Å². The van der Waals surface area contributed by atoms with Crippen molar-refractivity contribution in [3.8, 4) is 0 Å². The van der Waals surface area contributed by atoms with Gasteiger partial charge >= 0.3 is 5.97 Å². The van der Waals surface area contributed by atoms with E-state index in [1.165, 1.54) is 11.9 Å². The molecule has 0 aliphatic carbocycles. The number of hydrogen-bond donors (Lipinski definition) is 3. The van der Waals surface area contributed by atoms with E-state index < -0.39 is 12.0 Å². The van der Waals surface area contributed by atoms with Crippen molar-refractivity contribution in [3.05, 3.63) is 0 Å². The Morgan fingerprint density at radius 1 is 1.19 bits per heavy atom. The molecule has 8 heteroatoms. The van der Waals surface area contributed by atoms with Crippen molar-refractivity contribution in [1.29, 1.82) is 0 Å². The summed E-state index contributed by atoms with van der Waals surface area (Å²) >= 11 is 0. The number of aliphatic carboxylic acids is 1. The molecule has 2 amide bonds. The van der Waals surface area contributed by atoms with Crippen LogP contribution >= 0.6 is 12.4 Å². The van der Waals surface area contributed by atoms with Crippen LogP contribution in [0, 0.1) is 0 Å². The summed E-state index contributed by atoms with van der Waals surface area (Å²) in [7, 11) is 1.52. The normalized spacial score (nSPS) is 11.2. The number of carboxylic acids is 1. The Morgan fingerprint density at radius 2 is 1.81 bits per heavy atom. The SMILES string of the molecule is CCCNC(=O)CN(C)C(=O)CNC(CCC)C(=O)O.Cl. The monoisotopic (exact) mass is 323 g/mol. The molecule has 0 bridgehead atoms. The Morgan fingerprint density at radius 3 is 2.29 bits per heavy atom. The van der Waals surface area contributed by atoms with Crippen LogP contribution in [-0.4, -0.2) is 60.5 Å². The van der Waals surface area contributed by atoms with Crippen LogP contribution in [0.3, 0.4) is 0 Å². The van der Waals surface area contributed by atoms with Gasteiger partial charge in [0.05, 0.1) is 13.1 Å². The van der Waals surface area contributed by atoms with Gasteiger partial charge in [-0.2, -0.15) is 0 Å². The Balaban J connectivity index is 0. The molecule has 0 spiro atoms. The third-order valence-corrected chi connectivity index (χ3v) is 2.75. The first kappa shape index (κ1) is 21.9. The summed E-state index contributed by atoms with van der Waals surface area (Å²) in [6.07, 6.45) is 2.01.